The molecule has 0 bridgehead atoms. The summed E-state index contributed by atoms with van der Waals surface area (Å²) in [6, 6.07) is 35.8. The van der Waals surface area contributed by atoms with Crippen molar-refractivity contribution in [3.05, 3.63) is 160 Å². The van der Waals surface area contributed by atoms with Crippen LogP contribution in [0.2, 0.25) is 0 Å². The number of anilines is 3. The fourth-order valence-electron chi connectivity index (χ4n) is 9.30. The molecule has 20 heteroatoms. The van der Waals surface area contributed by atoms with Crippen molar-refractivity contribution in [3.8, 4) is 0 Å². The van der Waals surface area contributed by atoms with Crippen molar-refractivity contribution < 1.29 is 61.8 Å². The Labute approximate surface area is 463 Å². The van der Waals surface area contributed by atoms with Gasteiger partial charge in [0.05, 0.1) is 94.8 Å². The molecule has 12 rings (SSSR count). The third-order valence-corrected chi connectivity index (χ3v) is 14.0. The zero-order valence-electron chi connectivity index (χ0n) is 44.1. The number of amides is 1. The van der Waals surface area contributed by atoms with Crippen molar-refractivity contribution in [1.82, 2.24) is 5.32 Å². The second kappa shape index (κ2) is 26.6. The van der Waals surface area contributed by atoms with Crippen LogP contribution < -0.4 is 20.0 Å². The van der Waals surface area contributed by atoms with E-state index in [1.165, 1.54) is 11.4 Å². The van der Waals surface area contributed by atoms with E-state index >= 15 is 0 Å². The van der Waals surface area contributed by atoms with Crippen LogP contribution in [0.5, 0.6) is 0 Å². The molecule has 414 valence electrons. The van der Waals surface area contributed by atoms with Crippen molar-refractivity contribution in [2.75, 3.05) is 127 Å². The molecule has 6 aromatic carbocycles. The highest BCUT2D eigenvalue weighted by atomic mass is 16.7. The van der Waals surface area contributed by atoms with Gasteiger partial charge in [-0.15, -0.1) is 0 Å². The summed E-state index contributed by atoms with van der Waals surface area (Å²) in [5, 5.41) is 8.88. The molecule has 6 fully saturated rings. The number of rotatable bonds is 15. The molecule has 6 saturated heterocycles. The Morgan fingerprint density at radius 2 is 0.850 bits per heavy atom. The number of fused-ring (bicyclic) bond motifs is 3. The molecule has 6 heterocycles. The molecule has 1 amide bonds. The van der Waals surface area contributed by atoms with E-state index in [-0.39, 0.29) is 31.3 Å². The van der Waals surface area contributed by atoms with Gasteiger partial charge in [0, 0.05) is 62.9 Å². The Hall–Kier alpha value is -8.26. The van der Waals surface area contributed by atoms with E-state index in [1.807, 2.05) is 72.8 Å². The van der Waals surface area contributed by atoms with Crippen molar-refractivity contribution in [2.24, 2.45) is 0 Å². The van der Waals surface area contributed by atoms with Crippen molar-refractivity contribution >= 4 is 67.6 Å². The van der Waals surface area contributed by atoms with E-state index in [4.69, 9.17) is 67.1 Å². The molecular weight excluding hydrogens is 1030 g/mol. The third-order valence-electron chi connectivity index (χ3n) is 14.0. The SMILES string of the molecule is [C-]#[N+]C(OC(=O)CC1CO1)c1ccc2cc(N3CCOCC3)ccc2c1.[C-]#[N+]C(OC(=O)NCC1CO1)c1ccc2cc(N3CCOCC3)ccc2c1.[C-]#[N+]C(OC(=O)OCC1CO1)c1ccc2cc(N3CCOCC3)ccc2c1. The minimum absolute atomic E-state index is 0.0368. The van der Waals surface area contributed by atoms with Crippen LogP contribution >= 0.6 is 0 Å². The Bertz CT molecular complexity index is 3130. The van der Waals surface area contributed by atoms with Gasteiger partial charge in [-0.3, -0.25) is 19.3 Å². The molecule has 1 N–H and O–H groups in total. The lowest BCUT2D eigenvalue weighted by Gasteiger charge is -2.29. The van der Waals surface area contributed by atoms with Gasteiger partial charge < -0.3 is 67.4 Å². The van der Waals surface area contributed by atoms with Gasteiger partial charge in [-0.2, -0.15) is 0 Å². The Morgan fingerprint density at radius 1 is 0.487 bits per heavy atom. The zero-order chi connectivity index (χ0) is 55.2. The summed E-state index contributed by atoms with van der Waals surface area (Å²) in [6.07, 6.45) is -4.15. The molecule has 0 saturated carbocycles. The second-order valence-electron chi connectivity index (χ2n) is 19.6. The number of hydrogen-bond donors (Lipinski definition) is 1. The number of esters is 1. The van der Waals surface area contributed by atoms with Gasteiger partial charge in [-0.25, -0.2) is 29.3 Å². The predicted octanol–water partition coefficient (Wildman–Crippen LogP) is 8.79. The number of nitrogens with zero attached hydrogens (tertiary/aromatic N) is 6. The Kier molecular flexibility index (Phi) is 18.3. The van der Waals surface area contributed by atoms with Crippen molar-refractivity contribution in [1.29, 1.82) is 0 Å². The number of nitrogens with one attached hydrogen (secondary N) is 1. The van der Waals surface area contributed by atoms with Crippen LogP contribution in [0.3, 0.4) is 0 Å². The summed E-state index contributed by atoms with van der Waals surface area (Å²) >= 11 is 0. The molecule has 0 radical (unpaired) electrons. The Morgan fingerprint density at radius 3 is 1.24 bits per heavy atom. The van der Waals surface area contributed by atoms with Gasteiger partial charge >= 0.3 is 36.9 Å². The van der Waals surface area contributed by atoms with Crippen LogP contribution in [0.25, 0.3) is 46.9 Å². The summed E-state index contributed by atoms with van der Waals surface area (Å²) in [5.41, 5.74) is 5.47. The molecule has 0 aliphatic carbocycles. The fourth-order valence-corrected chi connectivity index (χ4v) is 9.30. The topological polar surface area (TPSA) is 188 Å². The predicted molar refractivity (Wildman–Crippen MR) is 296 cm³/mol. The molecule has 0 spiro atoms. The number of carbonyl (C=O) groups excluding carboxylic acids is 3. The van der Waals surface area contributed by atoms with E-state index < -0.39 is 36.9 Å². The van der Waals surface area contributed by atoms with Crippen LogP contribution in [0.1, 0.15) is 41.8 Å². The highest BCUT2D eigenvalue weighted by Gasteiger charge is 2.31. The van der Waals surface area contributed by atoms with Gasteiger partial charge in [-0.1, -0.05) is 36.4 Å². The standard InChI is InChI=1S/C20H21N3O4.C20H20N2O5.C20H20N2O4/c1-21-19(27-20(24)22-12-18-13-26-18)16-3-2-15-11-17(5-4-14(15)10-16)23-6-8-25-9-7-23;1-21-19(27-20(23)26-13-18-12-25-18)16-3-2-15-11-17(5-4-14(15)10-16)22-6-8-24-9-7-22;1-21-20(26-19(23)12-18-13-25-18)16-3-2-15-11-17(5-4-14(15)10-16)22-6-8-24-9-7-22/h2-5,10-11,18-19H,6-9,12-13H2,(H,22,24);2-5,10-11,18-19H,6-9,12-13H2;2-5,10-11,18,20H,6-9,12-13H2. The highest BCUT2D eigenvalue weighted by Crippen LogP contribution is 2.32. The molecule has 6 unspecified atom stereocenters. The van der Waals surface area contributed by atoms with E-state index in [1.54, 1.807) is 0 Å². The van der Waals surface area contributed by atoms with E-state index in [0.717, 1.165) is 117 Å². The first-order chi connectivity index (χ1) is 39.2. The minimum atomic E-state index is -1.03. The molecule has 80 heavy (non-hydrogen) atoms. The van der Waals surface area contributed by atoms with Crippen LogP contribution in [-0.2, 0) is 52.2 Å². The lowest BCUT2D eigenvalue weighted by Crippen LogP contribution is -2.36. The summed E-state index contributed by atoms with van der Waals surface area (Å²) in [6.45, 7) is 34.3. The lowest BCUT2D eigenvalue weighted by atomic mass is 10.0. The average molecular weight is 1090 g/mol. The number of carbonyl (C=O) groups is 3. The summed E-state index contributed by atoms with van der Waals surface area (Å²) in [4.78, 5) is 52.7. The molecule has 6 aliphatic heterocycles. The highest BCUT2D eigenvalue weighted by molar-refractivity contribution is 5.89. The quantitative estimate of drug-likeness (QED) is 0.0444. The maximum atomic E-state index is 11.9. The van der Waals surface area contributed by atoms with E-state index in [9.17, 15) is 14.4 Å². The molecule has 6 aromatic rings. The smallest absolute Gasteiger partial charge is 0.431 e. The number of hydrogen-bond acceptors (Lipinski definition) is 16. The molecule has 6 aliphatic rings. The number of alkyl carbamates (subject to hydrolysis) is 1. The fraction of sp³-hybridized carbons (Fsp3) is 0.400. The number of benzene rings is 6. The second-order valence-corrected chi connectivity index (χ2v) is 19.6. The van der Waals surface area contributed by atoms with E-state index in [0.29, 0.717) is 43.1 Å². The lowest BCUT2D eigenvalue weighted by molar-refractivity contribution is -0.147. The maximum Gasteiger partial charge on any atom is 0.514 e. The summed E-state index contributed by atoms with van der Waals surface area (Å²) in [7, 11) is 0. The monoisotopic (exact) mass is 1090 g/mol. The van der Waals surface area contributed by atoms with Crippen molar-refractivity contribution in [3.63, 3.8) is 0 Å². The van der Waals surface area contributed by atoms with Gasteiger partial charge in [0.2, 0.25) is 0 Å². The molecule has 6 atom stereocenters. The average Bonchev–Trinajstić information content (AvgIpc) is 4.37. The van der Waals surface area contributed by atoms with Crippen LogP contribution in [-0.4, -0.2) is 148 Å². The largest absolute Gasteiger partial charge is 0.514 e. The number of epoxide rings is 3. The molecule has 20 nitrogen and oxygen atoms in total. The van der Waals surface area contributed by atoms with Crippen LogP contribution in [0.4, 0.5) is 26.7 Å². The molecular formula is C60H61N7O13. The number of morpholine rings is 3. The molecule has 0 aromatic heterocycles. The van der Waals surface area contributed by atoms with Gasteiger partial charge in [0.25, 0.3) is 0 Å². The number of ether oxygens (including phenoxy) is 10. The first-order valence-corrected chi connectivity index (χ1v) is 26.7. The maximum absolute atomic E-state index is 11.9. The van der Waals surface area contributed by atoms with Crippen LogP contribution in [0.15, 0.2) is 109 Å². The van der Waals surface area contributed by atoms with Gasteiger partial charge in [0.1, 0.15) is 12.7 Å². The Balaban J connectivity index is 0.000000135. The zero-order valence-corrected chi connectivity index (χ0v) is 44.1. The first kappa shape index (κ1) is 55.1. The summed E-state index contributed by atoms with van der Waals surface area (Å²) < 4.78 is 51.9. The summed E-state index contributed by atoms with van der Waals surface area (Å²) in [5.74, 6) is -0.392. The normalized spacial score (nSPS) is 20.1. The van der Waals surface area contributed by atoms with Crippen molar-refractivity contribution in [2.45, 2.75) is 43.4 Å². The van der Waals surface area contributed by atoms with Gasteiger partial charge in [0.15, 0.2) is 0 Å². The first-order valence-electron chi connectivity index (χ1n) is 26.7. The third kappa shape index (κ3) is 15.3. The minimum Gasteiger partial charge on any atom is -0.431 e. The van der Waals surface area contributed by atoms with Crippen LogP contribution in [0, 0.1) is 19.7 Å². The van der Waals surface area contributed by atoms with E-state index in [2.05, 4.69) is 70.9 Å². The van der Waals surface area contributed by atoms with Gasteiger partial charge in [-0.05, 0) is 105 Å².